The summed E-state index contributed by atoms with van der Waals surface area (Å²) >= 11 is 0. The van der Waals surface area contributed by atoms with Crippen LogP contribution in [-0.4, -0.2) is 19.0 Å². The van der Waals surface area contributed by atoms with E-state index in [1.807, 2.05) is 20.8 Å². The van der Waals surface area contributed by atoms with Crippen molar-refractivity contribution < 1.29 is 4.79 Å². The Morgan fingerprint density at radius 2 is 1.85 bits per heavy atom. The summed E-state index contributed by atoms with van der Waals surface area (Å²) < 4.78 is 0. The first-order chi connectivity index (χ1) is 5.59. The third kappa shape index (κ3) is 6.78. The van der Waals surface area contributed by atoms with E-state index in [0.29, 0.717) is 13.1 Å². The van der Waals surface area contributed by atoms with Gasteiger partial charge in [-0.2, -0.15) is 0 Å². The minimum absolute atomic E-state index is 0. The number of carbonyl (C=O) groups excluding carboxylic acids is 1. The molecule has 3 N–H and O–H groups in total. The maximum Gasteiger partial charge on any atom is 0.246 e. The quantitative estimate of drug-likeness (QED) is 0.586. The van der Waals surface area contributed by atoms with Crippen molar-refractivity contribution in [2.45, 2.75) is 27.2 Å². The molecule has 0 aromatic heterocycles. The number of allylic oxidation sites excluding steroid dienone is 1. The Hall–Kier alpha value is -0.350. The molecule has 0 radical (unpaired) electrons. The van der Waals surface area contributed by atoms with Crippen LogP contribution >= 0.6 is 17.0 Å². The number of hydrogen-bond acceptors (Lipinski definition) is 2. The first-order valence-electron chi connectivity index (χ1n) is 4.22. The second-order valence-electron chi connectivity index (χ2n) is 3.02. The predicted molar refractivity (Wildman–Crippen MR) is 61.1 cm³/mol. The fourth-order valence-electron chi connectivity index (χ4n) is 0.664. The van der Waals surface area contributed by atoms with E-state index in [1.165, 1.54) is 0 Å². The maximum atomic E-state index is 11.2. The average molecular weight is 251 g/mol. The number of hydrogen-bond donors (Lipinski definition) is 2. The molecule has 0 saturated heterocycles. The van der Waals surface area contributed by atoms with E-state index < -0.39 is 0 Å². The summed E-state index contributed by atoms with van der Waals surface area (Å²) in [6.07, 6.45) is 0.835. The van der Waals surface area contributed by atoms with Gasteiger partial charge in [-0.25, -0.2) is 0 Å². The molecule has 0 aromatic rings. The molecular formula is C9H19BrN2O. The molecule has 1 amide bonds. The third-order valence-corrected chi connectivity index (χ3v) is 1.76. The van der Waals surface area contributed by atoms with Crippen LogP contribution < -0.4 is 11.1 Å². The van der Waals surface area contributed by atoms with Gasteiger partial charge in [-0.15, -0.1) is 17.0 Å². The number of nitrogens with two attached hydrogens (primary N) is 1. The molecule has 78 valence electrons. The normalized spacial score (nSPS) is 8.62. The molecule has 13 heavy (non-hydrogen) atoms. The zero-order valence-electron chi connectivity index (χ0n) is 8.52. The van der Waals surface area contributed by atoms with Crippen LogP contribution in [0.15, 0.2) is 11.1 Å². The van der Waals surface area contributed by atoms with Crippen LogP contribution in [0.3, 0.4) is 0 Å². The largest absolute Gasteiger partial charge is 0.352 e. The van der Waals surface area contributed by atoms with Crippen LogP contribution in [0.25, 0.3) is 0 Å². The van der Waals surface area contributed by atoms with Gasteiger partial charge in [0.2, 0.25) is 5.91 Å². The Labute approximate surface area is 90.5 Å². The van der Waals surface area contributed by atoms with Crippen molar-refractivity contribution in [2.24, 2.45) is 5.73 Å². The highest BCUT2D eigenvalue weighted by molar-refractivity contribution is 8.93. The third-order valence-electron chi connectivity index (χ3n) is 1.76. The smallest absolute Gasteiger partial charge is 0.246 e. The first-order valence-corrected chi connectivity index (χ1v) is 4.22. The Morgan fingerprint density at radius 3 is 2.23 bits per heavy atom. The van der Waals surface area contributed by atoms with Crippen molar-refractivity contribution in [3.05, 3.63) is 11.1 Å². The molecule has 0 heterocycles. The molecule has 0 atom stereocenters. The SMILES string of the molecule is Br.CC(C)=C(C)C(=O)NCCCN. The van der Waals surface area contributed by atoms with Gasteiger partial charge in [0.05, 0.1) is 0 Å². The van der Waals surface area contributed by atoms with E-state index in [4.69, 9.17) is 5.73 Å². The molecule has 0 saturated carbocycles. The van der Waals surface area contributed by atoms with Gasteiger partial charge in [-0.05, 0) is 33.7 Å². The molecule has 0 aliphatic carbocycles. The molecule has 0 spiro atoms. The van der Waals surface area contributed by atoms with Gasteiger partial charge in [0.15, 0.2) is 0 Å². The second-order valence-corrected chi connectivity index (χ2v) is 3.02. The Bertz CT molecular complexity index is 186. The molecule has 3 nitrogen and oxygen atoms in total. The van der Waals surface area contributed by atoms with Crippen molar-refractivity contribution in [2.75, 3.05) is 13.1 Å². The van der Waals surface area contributed by atoms with E-state index in [1.54, 1.807) is 0 Å². The molecular weight excluding hydrogens is 232 g/mol. The summed E-state index contributed by atoms with van der Waals surface area (Å²) in [7, 11) is 0. The number of rotatable bonds is 4. The van der Waals surface area contributed by atoms with Crippen LogP contribution in [0.5, 0.6) is 0 Å². The van der Waals surface area contributed by atoms with Crippen molar-refractivity contribution in [3.8, 4) is 0 Å². The van der Waals surface area contributed by atoms with Crippen LogP contribution in [0.4, 0.5) is 0 Å². The summed E-state index contributed by atoms with van der Waals surface area (Å²) in [6, 6.07) is 0. The molecule has 0 aliphatic heterocycles. The summed E-state index contributed by atoms with van der Waals surface area (Å²) in [5.74, 6) is 0.0171. The first kappa shape index (κ1) is 15.1. The van der Waals surface area contributed by atoms with Gasteiger partial charge < -0.3 is 11.1 Å². The highest BCUT2D eigenvalue weighted by Crippen LogP contribution is 2.00. The van der Waals surface area contributed by atoms with Gasteiger partial charge in [-0.1, -0.05) is 5.57 Å². The van der Waals surface area contributed by atoms with Crippen LogP contribution in [0, 0.1) is 0 Å². The second kappa shape index (κ2) is 8.26. The van der Waals surface area contributed by atoms with Gasteiger partial charge in [0, 0.05) is 12.1 Å². The van der Waals surface area contributed by atoms with E-state index in [2.05, 4.69) is 5.32 Å². The average Bonchev–Trinajstić information content (AvgIpc) is 2.03. The maximum absolute atomic E-state index is 11.2. The molecule has 0 aromatic carbocycles. The fourth-order valence-corrected chi connectivity index (χ4v) is 0.664. The van der Waals surface area contributed by atoms with E-state index >= 15 is 0 Å². The van der Waals surface area contributed by atoms with Gasteiger partial charge >= 0.3 is 0 Å². The van der Waals surface area contributed by atoms with Crippen molar-refractivity contribution in [1.29, 1.82) is 0 Å². The van der Waals surface area contributed by atoms with E-state index in [-0.39, 0.29) is 22.9 Å². The monoisotopic (exact) mass is 250 g/mol. The van der Waals surface area contributed by atoms with Crippen molar-refractivity contribution in [3.63, 3.8) is 0 Å². The van der Waals surface area contributed by atoms with Crippen LogP contribution in [-0.2, 0) is 4.79 Å². The topological polar surface area (TPSA) is 55.1 Å². The zero-order chi connectivity index (χ0) is 9.56. The number of halogens is 1. The highest BCUT2D eigenvalue weighted by Gasteiger charge is 2.03. The summed E-state index contributed by atoms with van der Waals surface area (Å²) in [4.78, 5) is 11.2. The Kier molecular flexibility index (Phi) is 9.61. The lowest BCUT2D eigenvalue weighted by Gasteiger charge is -2.05. The molecule has 4 heteroatoms. The number of nitrogens with one attached hydrogen (secondary N) is 1. The molecule has 0 rings (SSSR count). The summed E-state index contributed by atoms with van der Waals surface area (Å²) in [5.41, 5.74) is 7.14. The number of amides is 1. The Morgan fingerprint density at radius 1 is 1.31 bits per heavy atom. The molecule has 0 aliphatic rings. The zero-order valence-corrected chi connectivity index (χ0v) is 10.2. The lowest BCUT2D eigenvalue weighted by Crippen LogP contribution is -2.26. The van der Waals surface area contributed by atoms with Gasteiger partial charge in [0.25, 0.3) is 0 Å². The lowest BCUT2D eigenvalue weighted by atomic mass is 10.1. The lowest BCUT2D eigenvalue weighted by molar-refractivity contribution is -0.117. The standard InChI is InChI=1S/C9H18N2O.BrH/c1-7(2)8(3)9(12)11-6-4-5-10;/h4-6,10H2,1-3H3,(H,11,12);1H. The van der Waals surface area contributed by atoms with E-state index in [9.17, 15) is 4.79 Å². The molecule has 0 bridgehead atoms. The minimum Gasteiger partial charge on any atom is -0.352 e. The van der Waals surface area contributed by atoms with Gasteiger partial charge in [0.1, 0.15) is 0 Å². The van der Waals surface area contributed by atoms with Crippen LogP contribution in [0.1, 0.15) is 27.2 Å². The van der Waals surface area contributed by atoms with Gasteiger partial charge in [-0.3, -0.25) is 4.79 Å². The van der Waals surface area contributed by atoms with Crippen molar-refractivity contribution >= 4 is 22.9 Å². The Balaban J connectivity index is 0. The summed E-state index contributed by atoms with van der Waals surface area (Å²) in [5, 5.41) is 2.79. The molecule has 0 fully saturated rings. The highest BCUT2D eigenvalue weighted by atomic mass is 79.9. The number of carbonyl (C=O) groups is 1. The van der Waals surface area contributed by atoms with Crippen LogP contribution in [0.2, 0.25) is 0 Å². The fraction of sp³-hybridized carbons (Fsp3) is 0.667. The molecule has 0 unspecified atom stereocenters. The van der Waals surface area contributed by atoms with Crippen molar-refractivity contribution in [1.82, 2.24) is 5.32 Å². The van der Waals surface area contributed by atoms with E-state index in [0.717, 1.165) is 17.6 Å². The minimum atomic E-state index is 0. The summed E-state index contributed by atoms with van der Waals surface area (Å²) in [6.45, 7) is 6.97. The predicted octanol–water partition coefficient (Wildman–Crippen LogP) is 1.39.